The molecule has 1 fully saturated rings. The third kappa shape index (κ3) is 3.29. The predicted molar refractivity (Wildman–Crippen MR) is 124 cm³/mol. The number of aliphatic hydroxyl groups excluding tert-OH is 1. The Balaban J connectivity index is 1.72. The van der Waals surface area contributed by atoms with E-state index in [0.717, 1.165) is 15.6 Å². The van der Waals surface area contributed by atoms with Crippen molar-refractivity contribution in [3.8, 4) is 0 Å². The molecule has 0 aliphatic carbocycles. The summed E-state index contributed by atoms with van der Waals surface area (Å²) in [7, 11) is 0. The number of Topliss-reactive ketones (excluding diaryl/α,β-unsaturated/α-hetero) is 1. The summed E-state index contributed by atoms with van der Waals surface area (Å²) in [6.45, 7) is 1.96. The molecule has 1 unspecified atom stereocenters. The number of imidazole rings is 1. The molecule has 4 aromatic rings. The molecule has 2 N–H and O–H groups in total. The van der Waals surface area contributed by atoms with Crippen molar-refractivity contribution in [3.05, 3.63) is 93.7 Å². The van der Waals surface area contributed by atoms with E-state index in [1.807, 2.05) is 25.1 Å². The van der Waals surface area contributed by atoms with Crippen LogP contribution in [0, 0.1) is 6.92 Å². The van der Waals surface area contributed by atoms with Gasteiger partial charge in [-0.2, -0.15) is 0 Å². The number of amides is 1. The largest absolute Gasteiger partial charge is 0.507 e. The molecule has 2 aromatic carbocycles. The molecule has 0 radical (unpaired) electrons. The highest BCUT2D eigenvalue weighted by Crippen LogP contribution is 2.41. The molecule has 1 atom stereocenters. The molecule has 32 heavy (non-hydrogen) atoms. The first kappa shape index (κ1) is 20.1. The maximum atomic E-state index is 13.2. The Hall–Kier alpha value is -3.78. The second-order valence-electron chi connectivity index (χ2n) is 7.51. The maximum Gasteiger partial charge on any atom is 0.302 e. The molecule has 158 valence electrons. The zero-order valence-electron chi connectivity index (χ0n) is 16.9. The van der Waals surface area contributed by atoms with Gasteiger partial charge in [0, 0.05) is 16.2 Å². The molecule has 1 aliphatic rings. The molecule has 1 saturated heterocycles. The summed E-state index contributed by atoms with van der Waals surface area (Å²) in [6, 6.07) is 16.8. The minimum absolute atomic E-state index is 0.0346. The van der Waals surface area contributed by atoms with Gasteiger partial charge in [0.1, 0.15) is 11.8 Å². The molecular weight excluding hydrogens is 472 g/mol. The third-order valence-corrected chi connectivity index (χ3v) is 5.91. The van der Waals surface area contributed by atoms with Gasteiger partial charge in [-0.05, 0) is 48.9 Å². The second kappa shape index (κ2) is 7.72. The molecule has 1 amide bonds. The average molecular weight is 489 g/mol. The SMILES string of the molecule is Cc1ccc2nc(N3C(=O)C(=O)/C(=C(/O)c4ccc(Br)cc4)C3c3ccccn3)[nH]c2c1. The molecule has 2 aromatic heterocycles. The molecule has 0 bridgehead atoms. The van der Waals surface area contributed by atoms with Crippen molar-refractivity contribution in [2.45, 2.75) is 13.0 Å². The summed E-state index contributed by atoms with van der Waals surface area (Å²) in [5, 5.41) is 11.1. The Bertz CT molecular complexity index is 1390. The van der Waals surface area contributed by atoms with Crippen LogP contribution in [0.15, 0.2) is 76.9 Å². The normalized spacial score (nSPS) is 17.9. The number of aliphatic hydroxyl groups is 1. The number of hydrogen-bond donors (Lipinski definition) is 2. The zero-order valence-corrected chi connectivity index (χ0v) is 18.5. The fourth-order valence-electron chi connectivity index (χ4n) is 3.86. The molecular formula is C24H17BrN4O3. The standard InChI is InChI=1S/C24H17BrN4O3/c1-13-5-10-16-18(12-13)28-24(27-16)29-20(17-4-2-3-11-26-17)19(22(31)23(29)32)21(30)14-6-8-15(25)9-7-14/h2-12,20,30H,1H3,(H,27,28)/b21-19+. The van der Waals surface area contributed by atoms with Crippen LogP contribution in [0.4, 0.5) is 5.95 Å². The minimum Gasteiger partial charge on any atom is -0.507 e. The summed E-state index contributed by atoms with van der Waals surface area (Å²) in [4.78, 5) is 39.6. The van der Waals surface area contributed by atoms with Crippen LogP contribution in [0.1, 0.15) is 22.9 Å². The number of H-pyrrole nitrogens is 1. The Kier molecular flexibility index (Phi) is 4.86. The summed E-state index contributed by atoms with van der Waals surface area (Å²) in [6.07, 6.45) is 1.58. The molecule has 7 nitrogen and oxygen atoms in total. The Morgan fingerprint density at radius 2 is 1.88 bits per heavy atom. The van der Waals surface area contributed by atoms with E-state index in [0.29, 0.717) is 16.8 Å². The van der Waals surface area contributed by atoms with Crippen LogP contribution in [0.5, 0.6) is 0 Å². The fourth-order valence-corrected chi connectivity index (χ4v) is 4.12. The van der Waals surface area contributed by atoms with Crippen molar-refractivity contribution in [3.63, 3.8) is 0 Å². The lowest BCUT2D eigenvalue weighted by atomic mass is 9.98. The first-order chi connectivity index (χ1) is 15.4. The number of carbonyl (C=O) groups is 2. The number of halogens is 1. The van der Waals surface area contributed by atoms with Crippen molar-refractivity contribution in [2.24, 2.45) is 0 Å². The monoisotopic (exact) mass is 488 g/mol. The first-order valence-electron chi connectivity index (χ1n) is 9.88. The van der Waals surface area contributed by atoms with E-state index in [4.69, 9.17) is 0 Å². The number of carbonyl (C=O) groups excluding carboxylic acids is 2. The number of anilines is 1. The predicted octanol–water partition coefficient (Wildman–Crippen LogP) is 4.66. The molecule has 5 rings (SSSR count). The van der Waals surface area contributed by atoms with Gasteiger partial charge in [0.15, 0.2) is 0 Å². The minimum atomic E-state index is -0.929. The number of pyridine rings is 1. The van der Waals surface area contributed by atoms with Gasteiger partial charge in [-0.3, -0.25) is 19.5 Å². The summed E-state index contributed by atoms with van der Waals surface area (Å²) < 4.78 is 0.827. The lowest BCUT2D eigenvalue weighted by Crippen LogP contribution is -2.30. The van der Waals surface area contributed by atoms with Gasteiger partial charge in [0.25, 0.3) is 5.78 Å². The smallest absolute Gasteiger partial charge is 0.302 e. The number of rotatable bonds is 3. The lowest BCUT2D eigenvalue weighted by molar-refractivity contribution is -0.132. The van der Waals surface area contributed by atoms with E-state index in [9.17, 15) is 14.7 Å². The Labute approximate surface area is 191 Å². The van der Waals surface area contributed by atoms with Crippen LogP contribution in [0.25, 0.3) is 16.8 Å². The number of benzene rings is 2. The van der Waals surface area contributed by atoms with Crippen molar-refractivity contribution in [1.29, 1.82) is 0 Å². The van der Waals surface area contributed by atoms with E-state index in [1.54, 1.807) is 48.7 Å². The summed E-state index contributed by atoms with van der Waals surface area (Å²) in [5.74, 6) is -1.62. The van der Waals surface area contributed by atoms with Crippen molar-refractivity contribution < 1.29 is 14.7 Å². The van der Waals surface area contributed by atoms with Gasteiger partial charge in [0.2, 0.25) is 5.95 Å². The Morgan fingerprint density at radius 1 is 1.09 bits per heavy atom. The molecule has 0 saturated carbocycles. The average Bonchev–Trinajstić information content (AvgIpc) is 3.32. The maximum absolute atomic E-state index is 13.2. The van der Waals surface area contributed by atoms with Crippen LogP contribution in [-0.4, -0.2) is 31.7 Å². The summed E-state index contributed by atoms with van der Waals surface area (Å²) in [5.41, 5.74) is 3.28. The van der Waals surface area contributed by atoms with Gasteiger partial charge < -0.3 is 10.1 Å². The lowest BCUT2D eigenvalue weighted by Gasteiger charge is -2.22. The highest BCUT2D eigenvalue weighted by molar-refractivity contribution is 9.10. The number of hydrogen-bond acceptors (Lipinski definition) is 5. The quantitative estimate of drug-likeness (QED) is 0.248. The van der Waals surface area contributed by atoms with E-state index < -0.39 is 17.7 Å². The van der Waals surface area contributed by atoms with E-state index >= 15 is 0 Å². The van der Waals surface area contributed by atoms with Crippen LogP contribution >= 0.6 is 15.9 Å². The number of aromatic nitrogens is 3. The van der Waals surface area contributed by atoms with Crippen LogP contribution in [0.2, 0.25) is 0 Å². The highest BCUT2D eigenvalue weighted by atomic mass is 79.9. The van der Waals surface area contributed by atoms with Crippen molar-refractivity contribution in [1.82, 2.24) is 15.0 Å². The van der Waals surface area contributed by atoms with E-state index in [1.165, 1.54) is 4.90 Å². The fraction of sp³-hybridized carbons (Fsp3) is 0.0833. The molecule has 1 aliphatic heterocycles. The zero-order chi connectivity index (χ0) is 22.4. The number of aryl methyl sites for hydroxylation is 1. The highest BCUT2D eigenvalue weighted by Gasteiger charge is 2.48. The van der Waals surface area contributed by atoms with Crippen LogP contribution in [-0.2, 0) is 9.59 Å². The van der Waals surface area contributed by atoms with Gasteiger partial charge in [-0.1, -0.05) is 40.2 Å². The van der Waals surface area contributed by atoms with E-state index in [2.05, 4.69) is 30.9 Å². The van der Waals surface area contributed by atoms with Gasteiger partial charge >= 0.3 is 5.91 Å². The number of ketones is 1. The van der Waals surface area contributed by atoms with E-state index in [-0.39, 0.29) is 17.3 Å². The van der Waals surface area contributed by atoms with Crippen LogP contribution in [0.3, 0.4) is 0 Å². The second-order valence-corrected chi connectivity index (χ2v) is 8.43. The molecule has 8 heteroatoms. The van der Waals surface area contributed by atoms with Crippen molar-refractivity contribution in [2.75, 3.05) is 4.90 Å². The van der Waals surface area contributed by atoms with Gasteiger partial charge in [-0.15, -0.1) is 0 Å². The van der Waals surface area contributed by atoms with Crippen LogP contribution < -0.4 is 4.90 Å². The number of aromatic amines is 1. The van der Waals surface area contributed by atoms with Crippen molar-refractivity contribution >= 4 is 50.4 Å². The number of nitrogens with one attached hydrogen (secondary N) is 1. The molecule has 3 heterocycles. The number of fused-ring (bicyclic) bond motifs is 1. The Morgan fingerprint density at radius 3 is 2.59 bits per heavy atom. The van der Waals surface area contributed by atoms with Gasteiger partial charge in [-0.25, -0.2) is 4.98 Å². The molecule has 0 spiro atoms. The van der Waals surface area contributed by atoms with Gasteiger partial charge in [0.05, 0.1) is 22.3 Å². The first-order valence-corrected chi connectivity index (χ1v) is 10.7. The third-order valence-electron chi connectivity index (χ3n) is 5.38. The topological polar surface area (TPSA) is 99.2 Å². The summed E-state index contributed by atoms with van der Waals surface area (Å²) >= 11 is 3.36. The number of nitrogens with zero attached hydrogens (tertiary/aromatic N) is 3.